The molecule has 0 aliphatic carbocycles. The van der Waals surface area contributed by atoms with Crippen LogP contribution >= 0.6 is 0 Å². The summed E-state index contributed by atoms with van der Waals surface area (Å²) in [6.07, 6.45) is 1.53. The summed E-state index contributed by atoms with van der Waals surface area (Å²) in [5, 5.41) is 14.2. The average Bonchev–Trinajstić information content (AvgIpc) is 3.01. The van der Waals surface area contributed by atoms with E-state index in [2.05, 4.69) is 105 Å². The van der Waals surface area contributed by atoms with E-state index in [0.717, 1.165) is 24.1 Å². The molecule has 0 amide bonds. The molecule has 2 nitrogen and oxygen atoms in total. The second kappa shape index (κ2) is 7.68. The first-order chi connectivity index (χ1) is 13.9. The zero-order valence-electron chi connectivity index (χ0n) is 17.9. The molecule has 2 heteroatoms. The van der Waals surface area contributed by atoms with Crippen molar-refractivity contribution in [3.63, 3.8) is 0 Å². The Hall–Kier alpha value is -2.58. The van der Waals surface area contributed by atoms with Crippen molar-refractivity contribution >= 4 is 21.8 Å². The van der Waals surface area contributed by atoms with E-state index in [9.17, 15) is 5.11 Å². The van der Waals surface area contributed by atoms with Gasteiger partial charge in [-0.1, -0.05) is 76.2 Å². The summed E-state index contributed by atoms with van der Waals surface area (Å²) < 4.78 is 2.32. The van der Waals surface area contributed by atoms with Gasteiger partial charge in [0.15, 0.2) is 0 Å². The highest BCUT2D eigenvalue weighted by Crippen LogP contribution is 2.37. The van der Waals surface area contributed by atoms with Crippen LogP contribution in [0.1, 0.15) is 46.1 Å². The van der Waals surface area contributed by atoms with E-state index in [4.69, 9.17) is 0 Å². The van der Waals surface area contributed by atoms with Gasteiger partial charge >= 0.3 is 0 Å². The van der Waals surface area contributed by atoms with Crippen molar-refractivity contribution < 1.29 is 5.11 Å². The monoisotopic (exact) mass is 385 g/mol. The van der Waals surface area contributed by atoms with Gasteiger partial charge < -0.3 is 9.67 Å². The second-order valence-electron chi connectivity index (χ2n) is 9.15. The highest BCUT2D eigenvalue weighted by Gasteiger charge is 2.31. The van der Waals surface area contributed by atoms with Crippen LogP contribution in [0.4, 0.5) is 0 Å². The Kier molecular flexibility index (Phi) is 5.23. The highest BCUT2D eigenvalue weighted by atomic mass is 16.3. The molecule has 0 aliphatic rings. The molecule has 4 rings (SSSR count). The first kappa shape index (κ1) is 19.7. The Balaban J connectivity index is 1.92. The van der Waals surface area contributed by atoms with Gasteiger partial charge in [0.1, 0.15) is 0 Å². The number of rotatable bonds is 6. The molecular weight excluding hydrogens is 354 g/mol. The summed E-state index contributed by atoms with van der Waals surface area (Å²) in [7, 11) is 0. The first-order valence-electron chi connectivity index (χ1n) is 10.7. The third kappa shape index (κ3) is 3.70. The number of aliphatic hydroxyl groups is 1. The van der Waals surface area contributed by atoms with Crippen LogP contribution in [0.5, 0.6) is 0 Å². The fourth-order valence-electron chi connectivity index (χ4n) is 4.80. The molecule has 0 bridgehead atoms. The molecule has 1 N–H and O–H groups in total. The van der Waals surface area contributed by atoms with Crippen molar-refractivity contribution in [2.75, 3.05) is 0 Å². The van der Waals surface area contributed by atoms with E-state index in [1.807, 2.05) is 0 Å². The van der Waals surface area contributed by atoms with Crippen molar-refractivity contribution in [1.82, 2.24) is 4.57 Å². The van der Waals surface area contributed by atoms with Crippen LogP contribution in [0.3, 0.4) is 0 Å². The number of nitrogens with zero attached hydrogens (tertiary/aromatic N) is 1. The van der Waals surface area contributed by atoms with Gasteiger partial charge in [-0.25, -0.2) is 0 Å². The van der Waals surface area contributed by atoms with Crippen molar-refractivity contribution in [2.45, 2.75) is 46.1 Å². The van der Waals surface area contributed by atoms with Gasteiger partial charge in [-0.3, -0.25) is 0 Å². The summed E-state index contributed by atoms with van der Waals surface area (Å²) in [5.74, 6) is 0.853. The molecule has 3 aromatic carbocycles. The van der Waals surface area contributed by atoms with Crippen LogP contribution in [0.15, 0.2) is 72.8 Å². The number of fused-ring (bicyclic) bond motifs is 3. The average molecular weight is 386 g/mol. The number of hydrogen-bond donors (Lipinski definition) is 1. The lowest BCUT2D eigenvalue weighted by atomic mass is 9.79. The van der Waals surface area contributed by atoms with Crippen molar-refractivity contribution in [3.8, 4) is 5.69 Å². The summed E-state index contributed by atoms with van der Waals surface area (Å²) in [4.78, 5) is 0. The van der Waals surface area contributed by atoms with Gasteiger partial charge in [0.2, 0.25) is 0 Å². The van der Waals surface area contributed by atoms with Gasteiger partial charge in [0, 0.05) is 16.5 Å². The van der Waals surface area contributed by atoms with Gasteiger partial charge in [0.05, 0.1) is 16.6 Å². The van der Waals surface area contributed by atoms with Crippen LogP contribution in [0.25, 0.3) is 27.5 Å². The van der Waals surface area contributed by atoms with Crippen molar-refractivity contribution in [2.24, 2.45) is 11.8 Å². The van der Waals surface area contributed by atoms with Crippen LogP contribution in [-0.2, 0) is 5.60 Å². The zero-order chi connectivity index (χ0) is 20.6. The lowest BCUT2D eigenvalue weighted by Crippen LogP contribution is -2.29. The number of aromatic nitrogens is 1. The molecule has 0 radical (unpaired) electrons. The third-order valence-corrected chi connectivity index (χ3v) is 5.71. The fraction of sp³-hybridized carbons (Fsp3) is 0.333. The zero-order valence-corrected chi connectivity index (χ0v) is 17.9. The summed E-state index contributed by atoms with van der Waals surface area (Å²) in [6.45, 7) is 8.73. The molecule has 0 spiro atoms. The van der Waals surface area contributed by atoms with E-state index in [1.165, 1.54) is 21.8 Å². The van der Waals surface area contributed by atoms with Crippen LogP contribution in [0.2, 0.25) is 0 Å². The maximum Gasteiger partial charge on any atom is 0.0902 e. The first-order valence-corrected chi connectivity index (χ1v) is 10.7. The molecule has 1 heterocycles. The molecule has 0 unspecified atom stereocenters. The standard InChI is InChI=1S/C27H31NO/c1-19(2)17-27(29,18-20(3)4)21-10-9-11-22(16-21)28-25-14-7-5-12-23(25)24-13-6-8-15-26(24)28/h5-16,19-20,29H,17-18H2,1-4H3. The molecule has 29 heavy (non-hydrogen) atoms. The normalized spacial score (nSPS) is 12.5. The lowest BCUT2D eigenvalue weighted by molar-refractivity contribution is -0.00450. The quantitative estimate of drug-likeness (QED) is 0.377. The summed E-state index contributed by atoms with van der Waals surface area (Å²) in [6, 6.07) is 25.6. The Bertz CT molecular complexity index is 1070. The van der Waals surface area contributed by atoms with Crippen LogP contribution in [0, 0.1) is 11.8 Å². The molecule has 150 valence electrons. The Labute approximate surface area is 173 Å². The molecule has 4 aromatic rings. The van der Waals surface area contributed by atoms with Gasteiger partial charge in [-0.2, -0.15) is 0 Å². The predicted molar refractivity (Wildman–Crippen MR) is 124 cm³/mol. The van der Waals surface area contributed by atoms with Gasteiger partial charge in [-0.15, -0.1) is 0 Å². The number of benzene rings is 3. The molecule has 0 saturated carbocycles. The van der Waals surface area contributed by atoms with E-state index < -0.39 is 5.60 Å². The third-order valence-electron chi connectivity index (χ3n) is 5.71. The molecule has 0 atom stereocenters. The van der Waals surface area contributed by atoms with Gasteiger partial charge in [-0.05, 0) is 54.5 Å². The molecule has 1 aromatic heterocycles. The smallest absolute Gasteiger partial charge is 0.0902 e. The number of para-hydroxylation sites is 2. The minimum Gasteiger partial charge on any atom is -0.385 e. The Morgan fingerprint density at radius 2 is 1.24 bits per heavy atom. The molecule has 0 saturated heterocycles. The van der Waals surface area contributed by atoms with Crippen molar-refractivity contribution in [3.05, 3.63) is 78.4 Å². The van der Waals surface area contributed by atoms with Crippen LogP contribution in [-0.4, -0.2) is 9.67 Å². The molecule has 0 fully saturated rings. The van der Waals surface area contributed by atoms with E-state index in [0.29, 0.717) is 11.8 Å². The van der Waals surface area contributed by atoms with Gasteiger partial charge in [0.25, 0.3) is 0 Å². The molecular formula is C27H31NO. The minimum absolute atomic E-state index is 0.427. The van der Waals surface area contributed by atoms with Crippen LogP contribution < -0.4 is 0 Å². The Morgan fingerprint density at radius 1 is 0.724 bits per heavy atom. The Morgan fingerprint density at radius 3 is 1.76 bits per heavy atom. The lowest BCUT2D eigenvalue weighted by Gasteiger charge is -2.32. The summed E-state index contributed by atoms with van der Waals surface area (Å²) >= 11 is 0. The highest BCUT2D eigenvalue weighted by molar-refractivity contribution is 6.09. The fourth-order valence-corrected chi connectivity index (χ4v) is 4.80. The van der Waals surface area contributed by atoms with E-state index in [1.54, 1.807) is 0 Å². The largest absolute Gasteiger partial charge is 0.385 e. The number of hydrogen-bond acceptors (Lipinski definition) is 1. The van der Waals surface area contributed by atoms with E-state index >= 15 is 0 Å². The predicted octanol–water partition coefficient (Wildman–Crippen LogP) is 7.06. The molecule has 0 aliphatic heterocycles. The SMILES string of the molecule is CC(C)CC(O)(CC(C)C)c1cccc(-n2c3ccccc3c3ccccc32)c1. The van der Waals surface area contributed by atoms with E-state index in [-0.39, 0.29) is 0 Å². The summed E-state index contributed by atoms with van der Waals surface area (Å²) in [5.41, 5.74) is 3.70. The maximum atomic E-state index is 11.7. The second-order valence-corrected chi connectivity index (χ2v) is 9.15. The maximum absolute atomic E-state index is 11.7. The minimum atomic E-state index is -0.808. The topological polar surface area (TPSA) is 25.2 Å². The van der Waals surface area contributed by atoms with Crippen molar-refractivity contribution in [1.29, 1.82) is 0 Å².